The van der Waals surface area contributed by atoms with Crippen LogP contribution in [0.5, 0.6) is 5.75 Å². The maximum atomic E-state index is 13.0. The Labute approximate surface area is 153 Å². The van der Waals surface area contributed by atoms with Gasteiger partial charge in [0.15, 0.2) is 0 Å². The number of fused-ring (bicyclic) bond motifs is 1. The zero-order valence-corrected chi connectivity index (χ0v) is 14.8. The Hall–Kier alpha value is -3.08. The topological polar surface area (TPSA) is 60.9 Å². The molecule has 5 heteroatoms. The molecule has 5 nitrogen and oxygen atoms in total. The third-order valence-corrected chi connectivity index (χ3v) is 4.68. The number of phenols is 1. The van der Waals surface area contributed by atoms with E-state index in [2.05, 4.69) is 6.58 Å². The minimum absolute atomic E-state index is 0.0805. The largest absolute Gasteiger partial charge is 0.508 e. The van der Waals surface area contributed by atoms with Crippen molar-refractivity contribution in [3.8, 4) is 5.75 Å². The number of amides is 2. The second-order valence-electron chi connectivity index (χ2n) is 6.38. The minimum Gasteiger partial charge on any atom is -0.508 e. The van der Waals surface area contributed by atoms with Crippen LogP contribution in [-0.4, -0.2) is 30.5 Å². The van der Waals surface area contributed by atoms with Crippen molar-refractivity contribution in [1.29, 1.82) is 0 Å². The van der Waals surface area contributed by atoms with Crippen molar-refractivity contribution in [2.45, 2.75) is 19.3 Å². The highest BCUT2D eigenvalue weighted by molar-refractivity contribution is 6.07. The summed E-state index contributed by atoms with van der Waals surface area (Å²) in [5.41, 5.74) is 3.11. The van der Waals surface area contributed by atoms with Gasteiger partial charge in [0, 0.05) is 30.5 Å². The Balaban J connectivity index is 1.88. The van der Waals surface area contributed by atoms with Crippen molar-refractivity contribution in [2.75, 3.05) is 23.4 Å². The van der Waals surface area contributed by atoms with E-state index >= 15 is 0 Å². The Morgan fingerprint density at radius 3 is 2.58 bits per heavy atom. The molecule has 0 aromatic heterocycles. The summed E-state index contributed by atoms with van der Waals surface area (Å²) in [6.45, 7) is 4.13. The molecule has 26 heavy (non-hydrogen) atoms. The Morgan fingerprint density at radius 2 is 1.88 bits per heavy atom. The van der Waals surface area contributed by atoms with E-state index in [-0.39, 0.29) is 17.6 Å². The smallest absolute Gasteiger partial charge is 0.258 e. The summed E-state index contributed by atoms with van der Waals surface area (Å²) in [6, 6.07) is 12.1. The van der Waals surface area contributed by atoms with E-state index in [1.807, 2.05) is 0 Å². The quantitative estimate of drug-likeness (QED) is 0.862. The molecule has 0 aliphatic carbocycles. The number of likely N-dealkylation sites (N-methyl/N-ethyl adjacent to an activating group) is 1. The highest BCUT2D eigenvalue weighted by Gasteiger charge is 2.23. The summed E-state index contributed by atoms with van der Waals surface area (Å²) < 4.78 is 0. The van der Waals surface area contributed by atoms with Gasteiger partial charge in [-0.05, 0) is 73.4 Å². The fourth-order valence-corrected chi connectivity index (χ4v) is 3.20. The number of nitrogens with zero attached hydrogens (tertiary/aromatic N) is 2. The fourth-order valence-electron chi connectivity index (χ4n) is 3.20. The SMILES string of the molecule is C=CC(=O)N(C)c1ccc(C(=O)N2CCCCc3cc(O)ccc32)cc1. The first-order valence-corrected chi connectivity index (χ1v) is 8.65. The Morgan fingerprint density at radius 1 is 1.15 bits per heavy atom. The summed E-state index contributed by atoms with van der Waals surface area (Å²) in [6.07, 6.45) is 3.99. The van der Waals surface area contributed by atoms with Gasteiger partial charge in [-0.1, -0.05) is 6.58 Å². The molecule has 3 rings (SSSR count). The Bertz CT molecular complexity index is 843. The van der Waals surface area contributed by atoms with Gasteiger partial charge >= 0.3 is 0 Å². The molecule has 0 saturated heterocycles. The second kappa shape index (κ2) is 7.44. The highest BCUT2D eigenvalue weighted by atomic mass is 16.3. The van der Waals surface area contributed by atoms with E-state index in [1.165, 1.54) is 11.0 Å². The van der Waals surface area contributed by atoms with Crippen molar-refractivity contribution in [3.63, 3.8) is 0 Å². The number of phenolic OH excluding ortho intramolecular Hbond substituents is 1. The summed E-state index contributed by atoms with van der Waals surface area (Å²) in [7, 11) is 1.67. The average Bonchev–Trinajstić information content (AvgIpc) is 2.88. The number of carbonyl (C=O) groups is 2. The number of anilines is 2. The third-order valence-electron chi connectivity index (χ3n) is 4.68. The lowest BCUT2D eigenvalue weighted by atomic mass is 10.1. The average molecular weight is 350 g/mol. The molecule has 1 N–H and O–H groups in total. The summed E-state index contributed by atoms with van der Waals surface area (Å²) in [4.78, 5) is 28.0. The number of hydrogen-bond donors (Lipinski definition) is 1. The van der Waals surface area contributed by atoms with Crippen LogP contribution in [0.25, 0.3) is 0 Å². The number of aromatic hydroxyl groups is 1. The van der Waals surface area contributed by atoms with Crippen molar-refractivity contribution in [1.82, 2.24) is 0 Å². The predicted octanol–water partition coefficient (Wildman–Crippen LogP) is 3.52. The van der Waals surface area contributed by atoms with Crippen LogP contribution >= 0.6 is 0 Å². The molecule has 0 unspecified atom stereocenters. The summed E-state index contributed by atoms with van der Waals surface area (Å²) in [5.74, 6) is -0.0641. The van der Waals surface area contributed by atoms with Crippen LogP contribution in [0, 0.1) is 0 Å². The molecule has 0 atom stereocenters. The molecule has 1 aliphatic heterocycles. The van der Waals surface area contributed by atoms with Crippen LogP contribution in [0.3, 0.4) is 0 Å². The third kappa shape index (κ3) is 3.47. The molecule has 0 saturated carbocycles. The molecule has 2 aromatic carbocycles. The van der Waals surface area contributed by atoms with Crippen LogP contribution in [0.15, 0.2) is 55.1 Å². The second-order valence-corrected chi connectivity index (χ2v) is 6.38. The number of benzene rings is 2. The zero-order chi connectivity index (χ0) is 18.7. The molecular formula is C21H22N2O3. The standard InChI is InChI=1S/C21H22N2O3/c1-3-20(25)22(2)17-9-7-15(8-10-17)21(26)23-13-5-4-6-16-14-18(24)11-12-19(16)23/h3,7-12,14,24H,1,4-6,13H2,2H3. The molecule has 0 radical (unpaired) electrons. The molecule has 2 amide bonds. The van der Waals surface area contributed by atoms with E-state index in [4.69, 9.17) is 0 Å². The molecule has 2 aromatic rings. The normalized spacial score (nSPS) is 13.5. The molecule has 1 heterocycles. The lowest BCUT2D eigenvalue weighted by Crippen LogP contribution is -2.31. The first-order chi connectivity index (χ1) is 12.5. The number of hydrogen-bond acceptors (Lipinski definition) is 3. The van der Waals surface area contributed by atoms with Crippen LogP contribution < -0.4 is 9.80 Å². The van der Waals surface area contributed by atoms with Gasteiger partial charge in [0.25, 0.3) is 5.91 Å². The van der Waals surface area contributed by atoms with Gasteiger partial charge in [-0.3, -0.25) is 9.59 Å². The van der Waals surface area contributed by atoms with Gasteiger partial charge in [0.05, 0.1) is 0 Å². The van der Waals surface area contributed by atoms with Crippen LogP contribution in [0.4, 0.5) is 11.4 Å². The summed E-state index contributed by atoms with van der Waals surface area (Å²) >= 11 is 0. The van der Waals surface area contributed by atoms with Gasteiger partial charge < -0.3 is 14.9 Å². The first-order valence-electron chi connectivity index (χ1n) is 8.65. The maximum Gasteiger partial charge on any atom is 0.258 e. The van der Waals surface area contributed by atoms with E-state index < -0.39 is 0 Å². The van der Waals surface area contributed by atoms with E-state index in [0.29, 0.717) is 17.8 Å². The molecule has 0 bridgehead atoms. The van der Waals surface area contributed by atoms with Gasteiger partial charge in [-0.2, -0.15) is 0 Å². The fraction of sp³-hybridized carbons (Fsp3) is 0.238. The number of aryl methyl sites for hydroxylation is 1. The predicted molar refractivity (Wildman–Crippen MR) is 103 cm³/mol. The maximum absolute atomic E-state index is 13.0. The summed E-state index contributed by atoms with van der Waals surface area (Å²) in [5, 5.41) is 9.73. The minimum atomic E-state index is -0.203. The zero-order valence-electron chi connectivity index (χ0n) is 14.8. The lowest BCUT2D eigenvalue weighted by molar-refractivity contribution is -0.113. The highest BCUT2D eigenvalue weighted by Crippen LogP contribution is 2.30. The van der Waals surface area contributed by atoms with Gasteiger partial charge in [-0.25, -0.2) is 0 Å². The van der Waals surface area contributed by atoms with E-state index in [9.17, 15) is 14.7 Å². The molecule has 134 valence electrons. The monoisotopic (exact) mass is 350 g/mol. The van der Waals surface area contributed by atoms with E-state index in [0.717, 1.165) is 30.5 Å². The first kappa shape index (κ1) is 17.7. The van der Waals surface area contributed by atoms with Gasteiger partial charge in [0.2, 0.25) is 5.91 Å². The van der Waals surface area contributed by atoms with Crippen LogP contribution in [0.2, 0.25) is 0 Å². The molecule has 1 aliphatic rings. The number of carbonyl (C=O) groups excluding carboxylic acids is 2. The van der Waals surface area contributed by atoms with Gasteiger partial charge in [-0.15, -0.1) is 0 Å². The van der Waals surface area contributed by atoms with Crippen LogP contribution in [-0.2, 0) is 11.2 Å². The molecular weight excluding hydrogens is 328 g/mol. The van der Waals surface area contributed by atoms with E-state index in [1.54, 1.807) is 54.4 Å². The molecule has 0 fully saturated rings. The van der Waals surface area contributed by atoms with Crippen LogP contribution in [0.1, 0.15) is 28.8 Å². The molecule has 0 spiro atoms. The van der Waals surface area contributed by atoms with Crippen molar-refractivity contribution in [3.05, 3.63) is 66.2 Å². The Kier molecular flexibility index (Phi) is 5.07. The number of rotatable bonds is 3. The van der Waals surface area contributed by atoms with Crippen molar-refractivity contribution < 1.29 is 14.7 Å². The lowest BCUT2D eigenvalue weighted by Gasteiger charge is -2.23. The van der Waals surface area contributed by atoms with Crippen molar-refractivity contribution in [2.24, 2.45) is 0 Å². The van der Waals surface area contributed by atoms with Gasteiger partial charge in [0.1, 0.15) is 5.75 Å². The van der Waals surface area contributed by atoms with Crippen molar-refractivity contribution >= 4 is 23.2 Å².